The monoisotopic (exact) mass is 295 g/mol. The molecule has 0 aliphatic heterocycles. The van der Waals surface area contributed by atoms with Gasteiger partial charge in [-0.3, -0.25) is 0 Å². The minimum atomic E-state index is -3.22. The highest BCUT2D eigenvalue weighted by Crippen LogP contribution is 2.28. The molecule has 20 heavy (non-hydrogen) atoms. The quantitative estimate of drug-likeness (QED) is 0.837. The molecule has 1 heterocycles. The Morgan fingerprint density at radius 2 is 2.05 bits per heavy atom. The molecule has 0 radical (unpaired) electrons. The molecule has 0 saturated carbocycles. The third-order valence-electron chi connectivity index (χ3n) is 2.96. The van der Waals surface area contributed by atoms with Crippen LogP contribution in [0.15, 0.2) is 30.5 Å². The second-order valence-electron chi connectivity index (χ2n) is 4.16. The Kier molecular flexibility index (Phi) is 4.41. The standard InChI is InChI=1S/C13H17N3O3S/c1-14-20(17,18)9-8-16-13-11-4-3-5-12(19-2)10(11)6-7-15-13/h3-7,14H,8-9H2,1-2H3,(H,15,16). The van der Waals surface area contributed by atoms with E-state index in [-0.39, 0.29) is 12.3 Å². The van der Waals surface area contributed by atoms with Crippen molar-refractivity contribution < 1.29 is 13.2 Å². The summed E-state index contributed by atoms with van der Waals surface area (Å²) in [5.41, 5.74) is 0. The number of sulfonamides is 1. The molecule has 0 bridgehead atoms. The lowest BCUT2D eigenvalue weighted by atomic mass is 10.1. The fourth-order valence-electron chi connectivity index (χ4n) is 1.90. The molecule has 1 aromatic carbocycles. The number of benzene rings is 1. The number of methoxy groups -OCH3 is 1. The summed E-state index contributed by atoms with van der Waals surface area (Å²) in [6, 6.07) is 7.53. The summed E-state index contributed by atoms with van der Waals surface area (Å²) in [4.78, 5) is 4.25. The first-order chi connectivity index (χ1) is 9.57. The summed E-state index contributed by atoms with van der Waals surface area (Å²) >= 11 is 0. The van der Waals surface area contributed by atoms with Crippen molar-refractivity contribution >= 4 is 26.6 Å². The van der Waals surface area contributed by atoms with Crippen LogP contribution in [0.25, 0.3) is 10.8 Å². The van der Waals surface area contributed by atoms with Crippen molar-refractivity contribution in [2.24, 2.45) is 0 Å². The van der Waals surface area contributed by atoms with E-state index in [9.17, 15) is 8.42 Å². The predicted molar refractivity (Wildman–Crippen MR) is 79.6 cm³/mol. The van der Waals surface area contributed by atoms with Gasteiger partial charge in [0.2, 0.25) is 10.0 Å². The highest BCUT2D eigenvalue weighted by atomic mass is 32.2. The van der Waals surface area contributed by atoms with Crippen LogP contribution in [0.4, 0.5) is 5.82 Å². The number of rotatable bonds is 6. The summed E-state index contributed by atoms with van der Waals surface area (Å²) < 4.78 is 30.3. The predicted octanol–water partition coefficient (Wildman–Crippen LogP) is 1.20. The van der Waals surface area contributed by atoms with Gasteiger partial charge in [0.05, 0.1) is 12.9 Å². The van der Waals surface area contributed by atoms with Crippen LogP contribution in [0.5, 0.6) is 5.75 Å². The van der Waals surface area contributed by atoms with E-state index < -0.39 is 10.0 Å². The molecule has 0 saturated heterocycles. The number of aromatic nitrogens is 1. The Morgan fingerprint density at radius 1 is 1.25 bits per heavy atom. The summed E-state index contributed by atoms with van der Waals surface area (Å²) in [6.07, 6.45) is 1.67. The number of nitrogens with one attached hydrogen (secondary N) is 2. The molecule has 0 fully saturated rings. The van der Waals surface area contributed by atoms with Crippen molar-refractivity contribution in [3.63, 3.8) is 0 Å². The summed E-state index contributed by atoms with van der Waals surface area (Å²) in [6.45, 7) is 0.284. The van der Waals surface area contributed by atoms with E-state index in [4.69, 9.17) is 4.74 Å². The molecule has 108 valence electrons. The minimum absolute atomic E-state index is 0.00840. The van der Waals surface area contributed by atoms with Gasteiger partial charge in [-0.15, -0.1) is 0 Å². The van der Waals surface area contributed by atoms with Gasteiger partial charge in [-0.2, -0.15) is 0 Å². The van der Waals surface area contributed by atoms with Crippen LogP contribution in [-0.2, 0) is 10.0 Å². The lowest BCUT2D eigenvalue weighted by Gasteiger charge is -2.10. The Labute approximate surface area is 118 Å². The van der Waals surface area contributed by atoms with Crippen LogP contribution in [-0.4, -0.2) is 39.9 Å². The third kappa shape index (κ3) is 3.17. The van der Waals surface area contributed by atoms with Crippen molar-refractivity contribution in [1.29, 1.82) is 0 Å². The molecule has 0 amide bonds. The number of nitrogens with zero attached hydrogens (tertiary/aromatic N) is 1. The first-order valence-electron chi connectivity index (χ1n) is 6.14. The number of anilines is 1. The van der Waals surface area contributed by atoms with Gasteiger partial charge >= 0.3 is 0 Å². The number of pyridine rings is 1. The summed E-state index contributed by atoms with van der Waals surface area (Å²) in [5, 5.41) is 4.87. The maximum atomic E-state index is 11.4. The third-order valence-corrected chi connectivity index (χ3v) is 4.32. The normalized spacial score (nSPS) is 11.5. The number of hydrogen-bond donors (Lipinski definition) is 2. The summed E-state index contributed by atoms with van der Waals surface area (Å²) in [7, 11) is -0.209. The van der Waals surface area contributed by atoms with Crippen LogP contribution in [0.3, 0.4) is 0 Å². The van der Waals surface area contributed by atoms with Crippen molar-refractivity contribution in [1.82, 2.24) is 9.71 Å². The average Bonchev–Trinajstić information content (AvgIpc) is 2.46. The van der Waals surface area contributed by atoms with Crippen molar-refractivity contribution in [3.05, 3.63) is 30.5 Å². The maximum Gasteiger partial charge on any atom is 0.213 e. The zero-order valence-corrected chi connectivity index (χ0v) is 12.2. The van der Waals surface area contributed by atoms with E-state index in [1.807, 2.05) is 24.3 Å². The second kappa shape index (κ2) is 6.06. The van der Waals surface area contributed by atoms with E-state index in [0.717, 1.165) is 16.5 Å². The zero-order chi connectivity index (χ0) is 14.6. The van der Waals surface area contributed by atoms with E-state index in [1.165, 1.54) is 7.05 Å². The van der Waals surface area contributed by atoms with Gasteiger partial charge in [0, 0.05) is 23.5 Å². The molecule has 2 aromatic rings. The smallest absolute Gasteiger partial charge is 0.213 e. The molecular weight excluding hydrogens is 278 g/mol. The van der Waals surface area contributed by atoms with Gasteiger partial charge in [-0.25, -0.2) is 18.1 Å². The van der Waals surface area contributed by atoms with Gasteiger partial charge in [-0.05, 0) is 19.2 Å². The number of hydrogen-bond acceptors (Lipinski definition) is 5. The van der Waals surface area contributed by atoms with Crippen LogP contribution in [0.1, 0.15) is 0 Å². The van der Waals surface area contributed by atoms with E-state index >= 15 is 0 Å². The highest BCUT2D eigenvalue weighted by molar-refractivity contribution is 7.89. The fourth-order valence-corrected chi connectivity index (χ4v) is 2.48. The van der Waals surface area contributed by atoms with Gasteiger partial charge in [0.1, 0.15) is 11.6 Å². The number of fused-ring (bicyclic) bond motifs is 1. The molecule has 0 aliphatic carbocycles. The Hall–Kier alpha value is -1.86. The lowest BCUT2D eigenvalue weighted by Crippen LogP contribution is -2.26. The summed E-state index contributed by atoms with van der Waals surface area (Å²) in [5.74, 6) is 1.40. The molecule has 0 atom stereocenters. The van der Waals surface area contributed by atoms with Gasteiger partial charge < -0.3 is 10.1 Å². The molecule has 7 heteroatoms. The average molecular weight is 295 g/mol. The van der Waals surface area contributed by atoms with Crippen molar-refractivity contribution in [2.45, 2.75) is 0 Å². The molecule has 0 unspecified atom stereocenters. The molecule has 0 spiro atoms. The molecule has 0 aliphatic rings. The molecule has 2 rings (SSSR count). The molecule has 6 nitrogen and oxygen atoms in total. The van der Waals surface area contributed by atoms with Crippen LogP contribution in [0.2, 0.25) is 0 Å². The Morgan fingerprint density at radius 3 is 2.75 bits per heavy atom. The van der Waals surface area contributed by atoms with E-state index in [2.05, 4.69) is 15.0 Å². The largest absolute Gasteiger partial charge is 0.496 e. The molecule has 2 N–H and O–H groups in total. The van der Waals surface area contributed by atoms with Gasteiger partial charge in [0.25, 0.3) is 0 Å². The Balaban J connectivity index is 2.23. The minimum Gasteiger partial charge on any atom is -0.496 e. The van der Waals surface area contributed by atoms with Crippen LogP contribution < -0.4 is 14.8 Å². The maximum absolute atomic E-state index is 11.4. The highest BCUT2D eigenvalue weighted by Gasteiger charge is 2.09. The zero-order valence-electron chi connectivity index (χ0n) is 11.4. The topological polar surface area (TPSA) is 80.3 Å². The molecular formula is C13H17N3O3S. The van der Waals surface area contributed by atoms with Crippen molar-refractivity contribution in [3.8, 4) is 5.75 Å². The number of ether oxygens (including phenoxy) is 1. The van der Waals surface area contributed by atoms with E-state index in [0.29, 0.717) is 5.82 Å². The van der Waals surface area contributed by atoms with Gasteiger partial charge in [0.15, 0.2) is 0 Å². The fraction of sp³-hybridized carbons (Fsp3) is 0.308. The second-order valence-corrected chi connectivity index (χ2v) is 6.21. The van der Waals surface area contributed by atoms with Gasteiger partial charge in [-0.1, -0.05) is 12.1 Å². The van der Waals surface area contributed by atoms with Crippen LogP contribution >= 0.6 is 0 Å². The Bertz CT molecular complexity index is 701. The first kappa shape index (κ1) is 14.5. The SMILES string of the molecule is CNS(=O)(=O)CCNc1nccc2c(OC)cccc12. The van der Waals surface area contributed by atoms with Crippen molar-refractivity contribution in [2.75, 3.05) is 31.8 Å². The van der Waals surface area contributed by atoms with E-state index in [1.54, 1.807) is 13.3 Å². The lowest BCUT2D eigenvalue weighted by molar-refractivity contribution is 0.420. The van der Waals surface area contributed by atoms with Crippen LogP contribution in [0, 0.1) is 0 Å². The first-order valence-corrected chi connectivity index (χ1v) is 7.79. The molecule has 1 aromatic heterocycles.